The van der Waals surface area contributed by atoms with Gasteiger partial charge in [0.1, 0.15) is 5.36 Å². The van der Waals surface area contributed by atoms with Gasteiger partial charge < -0.3 is 19.8 Å². The number of aromatic nitrogens is 1. The van der Waals surface area contributed by atoms with Crippen LogP contribution < -0.4 is 14.8 Å². The molecule has 0 saturated carbocycles. The van der Waals surface area contributed by atoms with Gasteiger partial charge in [0.15, 0.2) is 11.5 Å². The van der Waals surface area contributed by atoms with Crippen LogP contribution in [-0.2, 0) is 0 Å². The van der Waals surface area contributed by atoms with Gasteiger partial charge in [0.05, 0.1) is 20.4 Å². The summed E-state index contributed by atoms with van der Waals surface area (Å²) in [5, 5.41) is 27.3. The van der Waals surface area contributed by atoms with E-state index >= 15 is 0 Å². The molecule has 2 aliphatic rings. The summed E-state index contributed by atoms with van der Waals surface area (Å²) < 4.78 is 10.9. The van der Waals surface area contributed by atoms with Crippen LogP contribution in [0.1, 0.15) is 0 Å². The largest absolute Gasteiger partial charge is 0.504 e. The van der Waals surface area contributed by atoms with Crippen molar-refractivity contribution in [3.05, 3.63) is 23.8 Å². The van der Waals surface area contributed by atoms with Gasteiger partial charge in [-0.2, -0.15) is 0 Å². The van der Waals surface area contributed by atoms with E-state index < -0.39 is 0 Å². The summed E-state index contributed by atoms with van der Waals surface area (Å²) in [4.78, 5) is 0. The van der Waals surface area contributed by atoms with Crippen molar-refractivity contribution in [1.82, 2.24) is 4.73 Å². The average molecular weight is 236 g/mol. The van der Waals surface area contributed by atoms with Crippen LogP contribution in [0.15, 0.2) is 18.5 Å². The van der Waals surface area contributed by atoms with E-state index in [1.165, 1.54) is 32.7 Å². The molecule has 0 spiro atoms. The topological polar surface area (TPSA) is 87.7 Å². The Balaban J connectivity index is 2.94. The van der Waals surface area contributed by atoms with Crippen molar-refractivity contribution in [2.75, 3.05) is 14.2 Å². The number of aromatic hydroxyl groups is 1. The number of methoxy groups -OCH3 is 2. The van der Waals surface area contributed by atoms with E-state index in [0.29, 0.717) is 11.1 Å². The molecule has 1 aliphatic heterocycles. The summed E-state index contributed by atoms with van der Waals surface area (Å²) in [6.45, 7) is 0. The molecule has 1 aliphatic carbocycles. The molecule has 0 aromatic heterocycles. The number of benzene rings is 1. The first kappa shape index (κ1) is 11.1. The summed E-state index contributed by atoms with van der Waals surface area (Å²) >= 11 is 0. The molecule has 0 unspecified atom stereocenters. The van der Waals surface area contributed by atoms with E-state index in [9.17, 15) is 10.3 Å². The Bertz CT molecular complexity index is 591. The fourth-order valence-electron chi connectivity index (χ4n) is 1.74. The molecule has 6 heteroatoms. The minimum Gasteiger partial charge on any atom is -0.504 e. The number of fused-ring (bicyclic) bond motifs is 1. The highest BCUT2D eigenvalue weighted by Gasteiger charge is 2.21. The van der Waals surface area contributed by atoms with E-state index in [2.05, 4.69) is 0 Å². The fourth-order valence-corrected chi connectivity index (χ4v) is 1.74. The summed E-state index contributed by atoms with van der Waals surface area (Å²) in [6, 6.07) is 1.49. The van der Waals surface area contributed by atoms with Gasteiger partial charge in [0.2, 0.25) is 5.75 Å². The number of phenolic OH excluding ortho intramolecular Hbond substituents is 1. The number of hydrogen-bond donors (Lipinski definition) is 3. The lowest BCUT2D eigenvalue weighted by Crippen LogP contribution is -2.13. The van der Waals surface area contributed by atoms with Crippen LogP contribution in [0.5, 0.6) is 17.2 Å². The molecule has 0 aromatic carbocycles. The minimum atomic E-state index is -0.115. The maximum atomic E-state index is 10.00. The van der Waals surface area contributed by atoms with Crippen molar-refractivity contribution in [2.24, 2.45) is 0 Å². The second-order valence-electron chi connectivity index (χ2n) is 3.44. The molecule has 0 amide bonds. The fraction of sp³-hybridized carbons (Fsp3) is 0.182. The van der Waals surface area contributed by atoms with E-state index in [1.807, 2.05) is 0 Å². The maximum absolute atomic E-state index is 10.00. The van der Waals surface area contributed by atoms with Gasteiger partial charge in [-0.3, -0.25) is 5.41 Å². The van der Waals surface area contributed by atoms with Crippen LogP contribution in [0, 0.1) is 5.41 Å². The van der Waals surface area contributed by atoms with E-state index in [1.54, 1.807) is 0 Å². The third-order valence-corrected chi connectivity index (χ3v) is 2.53. The first-order valence-electron chi connectivity index (χ1n) is 4.83. The molecular formula is C11H12N2O4. The molecule has 0 fully saturated rings. The van der Waals surface area contributed by atoms with Crippen LogP contribution in [0.4, 0.5) is 0 Å². The normalized spacial score (nSPS) is 10.5. The molecule has 0 radical (unpaired) electrons. The van der Waals surface area contributed by atoms with Gasteiger partial charge in [-0.25, -0.2) is 4.73 Å². The Hall–Kier alpha value is -2.37. The number of ether oxygens (including phenoxy) is 2. The average Bonchev–Trinajstić information content (AvgIpc) is 2.33. The third kappa shape index (κ3) is 1.54. The second-order valence-corrected chi connectivity index (χ2v) is 3.44. The van der Waals surface area contributed by atoms with Crippen LogP contribution in [0.3, 0.4) is 0 Å². The Labute approximate surface area is 97.1 Å². The van der Waals surface area contributed by atoms with Crippen molar-refractivity contribution in [1.29, 1.82) is 5.41 Å². The minimum absolute atomic E-state index is 0.0422. The SMILES string of the molecule is COc1c(O)c2ccn(O)cc-2c(=N)c1OC. The number of hydrogen-bond acceptors (Lipinski definition) is 5. The highest BCUT2D eigenvalue weighted by atomic mass is 16.5. The summed E-state index contributed by atoms with van der Waals surface area (Å²) in [5.41, 5.74) is 0.781. The molecule has 3 N–H and O–H groups in total. The van der Waals surface area contributed by atoms with Crippen LogP contribution >= 0.6 is 0 Å². The zero-order valence-electron chi connectivity index (χ0n) is 9.39. The maximum Gasteiger partial charge on any atom is 0.205 e. The van der Waals surface area contributed by atoms with Crippen LogP contribution in [0.2, 0.25) is 0 Å². The third-order valence-electron chi connectivity index (χ3n) is 2.53. The Morgan fingerprint density at radius 3 is 2.41 bits per heavy atom. The first-order valence-corrected chi connectivity index (χ1v) is 4.83. The van der Waals surface area contributed by atoms with Crippen molar-refractivity contribution in [3.63, 3.8) is 0 Å². The van der Waals surface area contributed by atoms with Crippen molar-refractivity contribution >= 4 is 0 Å². The Kier molecular flexibility index (Phi) is 2.55. The number of rotatable bonds is 2. The second kappa shape index (κ2) is 3.89. The van der Waals surface area contributed by atoms with Crippen LogP contribution in [0.25, 0.3) is 11.1 Å². The lowest BCUT2D eigenvalue weighted by Gasteiger charge is -2.16. The Morgan fingerprint density at radius 1 is 1.18 bits per heavy atom. The standard InChI is InChI=1S/C11H12N2O4/c1-16-10-8(12)7-5-13(15)4-3-6(7)9(14)11(10)17-2/h3-5,12,14-15H,1-2H3. The summed E-state index contributed by atoms with van der Waals surface area (Å²) in [7, 11) is 2.77. The van der Waals surface area contributed by atoms with Gasteiger partial charge in [-0.15, -0.1) is 0 Å². The van der Waals surface area contributed by atoms with Crippen molar-refractivity contribution in [2.45, 2.75) is 0 Å². The Morgan fingerprint density at radius 2 is 1.82 bits per heavy atom. The predicted molar refractivity (Wildman–Crippen MR) is 58.9 cm³/mol. The first-order chi connectivity index (χ1) is 8.10. The van der Waals surface area contributed by atoms with Crippen molar-refractivity contribution < 1.29 is 19.8 Å². The lowest BCUT2D eigenvalue weighted by molar-refractivity contribution is 0.184. The summed E-state index contributed by atoms with van der Waals surface area (Å²) in [5.74, 6) is 0.125. The van der Waals surface area contributed by atoms with Gasteiger partial charge in [-0.05, 0) is 6.07 Å². The highest BCUT2D eigenvalue weighted by molar-refractivity contribution is 5.77. The number of phenols is 1. The number of pyridine rings is 1. The molecule has 17 heavy (non-hydrogen) atoms. The number of nitrogens with zero attached hydrogens (tertiary/aromatic N) is 1. The van der Waals surface area contributed by atoms with Gasteiger partial charge in [-0.1, -0.05) is 0 Å². The van der Waals surface area contributed by atoms with E-state index in [4.69, 9.17) is 14.9 Å². The molecule has 90 valence electrons. The molecule has 0 aromatic rings. The lowest BCUT2D eigenvalue weighted by atomic mass is 10.0. The zero-order chi connectivity index (χ0) is 12.6. The molecule has 0 saturated heterocycles. The van der Waals surface area contributed by atoms with Crippen molar-refractivity contribution in [3.8, 4) is 28.4 Å². The van der Waals surface area contributed by atoms with Gasteiger partial charge >= 0.3 is 0 Å². The molecule has 6 nitrogen and oxygen atoms in total. The van der Waals surface area contributed by atoms with Crippen LogP contribution in [-0.4, -0.2) is 29.3 Å². The van der Waals surface area contributed by atoms with Gasteiger partial charge in [0, 0.05) is 17.3 Å². The smallest absolute Gasteiger partial charge is 0.205 e. The quantitative estimate of drug-likeness (QED) is 0.679. The van der Waals surface area contributed by atoms with E-state index in [0.717, 1.165) is 4.73 Å². The predicted octanol–water partition coefficient (Wildman–Crippen LogP) is 1.03. The molecular weight excluding hydrogens is 224 g/mol. The molecule has 2 rings (SSSR count). The molecule has 0 bridgehead atoms. The zero-order valence-corrected chi connectivity index (χ0v) is 9.39. The summed E-state index contributed by atoms with van der Waals surface area (Å²) in [6.07, 6.45) is 2.67. The molecule has 0 atom stereocenters. The molecule has 1 heterocycles. The number of nitrogens with one attached hydrogen (secondary N) is 1. The van der Waals surface area contributed by atoms with Gasteiger partial charge in [0.25, 0.3) is 0 Å². The highest BCUT2D eigenvalue weighted by Crippen LogP contribution is 2.42. The monoisotopic (exact) mass is 236 g/mol. The van der Waals surface area contributed by atoms with E-state index in [-0.39, 0.29) is 22.6 Å².